The Kier molecular flexibility index (Phi) is 9.04. The fraction of sp³-hybridized carbons (Fsp3) is 0. The van der Waals surface area contributed by atoms with Crippen molar-refractivity contribution < 1.29 is 27.9 Å². The Morgan fingerprint density at radius 3 is 1.40 bits per heavy atom. The Hall–Kier alpha value is 0.863. The van der Waals surface area contributed by atoms with Crippen LogP contribution in [-0.2, 0) is 37.8 Å². The Bertz CT molecular complexity index is 58.0. The molecule has 0 aromatic heterocycles. The van der Waals surface area contributed by atoms with Crippen LogP contribution in [0.1, 0.15) is 0 Å². The summed E-state index contributed by atoms with van der Waals surface area (Å²) in [5.41, 5.74) is 0. The molecule has 35 valence electrons. The maximum absolute atomic E-state index is 8.77. The molecule has 0 saturated heterocycles. The van der Waals surface area contributed by atoms with E-state index in [1.165, 1.54) is 0 Å². The van der Waals surface area contributed by atoms with Crippen LogP contribution in [0, 0.1) is 0 Å². The molecule has 0 N–H and O–H groups in total. The van der Waals surface area contributed by atoms with Gasteiger partial charge in [-0.3, -0.25) is 0 Å². The van der Waals surface area contributed by atoms with Gasteiger partial charge in [0.2, 0.25) is 0 Å². The van der Waals surface area contributed by atoms with Gasteiger partial charge in [0.05, 0.1) is 0 Å². The van der Waals surface area contributed by atoms with Crippen LogP contribution in [0.15, 0.2) is 0 Å². The summed E-state index contributed by atoms with van der Waals surface area (Å²) < 4.78 is 17.5. The van der Waals surface area contributed by atoms with Gasteiger partial charge in [-0.2, -0.15) is 10.7 Å². The van der Waals surface area contributed by atoms with Gasteiger partial charge in [-0.15, -0.1) is 0 Å². The topological polar surface area (TPSA) is 34.1 Å². The first-order chi connectivity index (χ1) is 1.73. The molecule has 0 unspecified atom stereocenters. The van der Waals surface area contributed by atoms with Gasteiger partial charge in [0.25, 0.3) is 0 Å². The first-order valence-corrected chi connectivity index (χ1v) is 2.39. The Labute approximate surface area is 48.7 Å². The Balaban J connectivity index is 0. The summed E-state index contributed by atoms with van der Waals surface area (Å²) in [7, 11) is 1.80. The van der Waals surface area contributed by atoms with Crippen molar-refractivity contribution in [3.63, 3.8) is 0 Å². The largest absolute Gasteiger partial charge is 0.409 e. The smallest absolute Gasteiger partial charge is 0.0109 e. The van der Waals surface area contributed by atoms with E-state index in [9.17, 15) is 0 Å². The van der Waals surface area contributed by atoms with Gasteiger partial charge in [-0.1, -0.05) is 0 Å². The fourth-order valence-electron chi connectivity index (χ4n) is 0. The molecule has 0 aliphatic carbocycles. The van der Waals surface area contributed by atoms with Crippen molar-refractivity contribution in [2.24, 2.45) is 0 Å². The number of hydrogen-bond acceptors (Lipinski definition) is 3. The molecular weight excluding hydrogens is 202 g/mol. The molecule has 0 heterocycles. The molecule has 0 fully saturated rings. The maximum atomic E-state index is 8.77. The molecule has 0 aliphatic rings. The maximum Gasteiger partial charge on any atom is 0.0109 e. The van der Waals surface area contributed by atoms with Crippen molar-refractivity contribution in [2.45, 2.75) is 0 Å². The van der Waals surface area contributed by atoms with Crippen LogP contribution in [0.3, 0.4) is 0 Å². The summed E-state index contributed by atoms with van der Waals surface area (Å²) in [5, 5.41) is 0. The molecular formula is ClO2RhS-. The average Bonchev–Trinajstić information content (AvgIpc) is 0.811. The second-order valence-corrected chi connectivity index (χ2v) is 1.34. The zero-order chi connectivity index (χ0) is 3.58. The normalized spacial score (nSPS) is 6.80. The second kappa shape index (κ2) is 4.86. The number of rotatable bonds is 0. The average molecular weight is 202 g/mol. The van der Waals surface area contributed by atoms with Crippen molar-refractivity contribution in [3.05, 3.63) is 0 Å². The van der Waals surface area contributed by atoms with E-state index in [0.717, 1.165) is 0 Å². The van der Waals surface area contributed by atoms with Gasteiger partial charge < -0.3 is 8.42 Å². The molecule has 0 bridgehead atoms. The van der Waals surface area contributed by atoms with Crippen molar-refractivity contribution >= 4 is 20.6 Å². The van der Waals surface area contributed by atoms with E-state index in [2.05, 4.69) is 10.7 Å². The van der Waals surface area contributed by atoms with E-state index < -0.39 is 9.92 Å². The van der Waals surface area contributed by atoms with Crippen molar-refractivity contribution in [2.75, 3.05) is 0 Å². The fourth-order valence-corrected chi connectivity index (χ4v) is 0. The molecule has 0 atom stereocenters. The minimum atomic E-state index is -2.39. The summed E-state index contributed by atoms with van der Waals surface area (Å²) >= 11 is 0. The van der Waals surface area contributed by atoms with Crippen molar-refractivity contribution in [1.82, 2.24) is 0 Å². The van der Waals surface area contributed by atoms with Crippen molar-refractivity contribution in [1.29, 1.82) is 0 Å². The van der Waals surface area contributed by atoms with Crippen LogP contribution < -0.4 is 0 Å². The Morgan fingerprint density at radius 1 is 1.40 bits per heavy atom. The molecule has 0 rings (SSSR count). The van der Waals surface area contributed by atoms with Gasteiger partial charge in [-0.05, 0) is 0 Å². The molecule has 0 aromatic carbocycles. The summed E-state index contributed by atoms with van der Waals surface area (Å²) in [6.07, 6.45) is 0. The quantitative estimate of drug-likeness (QED) is 0.325. The van der Waals surface area contributed by atoms with Crippen molar-refractivity contribution in [3.8, 4) is 0 Å². The summed E-state index contributed by atoms with van der Waals surface area (Å²) in [6, 6.07) is 0. The van der Waals surface area contributed by atoms with E-state index in [1.54, 1.807) is 0 Å². The zero-order valence-corrected chi connectivity index (χ0v) is 5.15. The van der Waals surface area contributed by atoms with Crippen LogP contribution in [0.2, 0.25) is 0 Å². The van der Waals surface area contributed by atoms with Gasteiger partial charge in [0, 0.05) is 29.4 Å². The summed E-state index contributed by atoms with van der Waals surface area (Å²) in [5.74, 6) is 0. The first kappa shape index (κ1) is 9.29. The molecule has 0 saturated carbocycles. The van der Waals surface area contributed by atoms with Gasteiger partial charge in [0.1, 0.15) is 0 Å². The number of halogens is 1. The third-order valence-electron chi connectivity index (χ3n) is 0. The monoisotopic (exact) mass is 202 g/mol. The number of hydrogen-bond donors (Lipinski definition) is 0. The van der Waals surface area contributed by atoms with Crippen LogP contribution in [-0.4, -0.2) is 0 Å². The van der Waals surface area contributed by atoms with Gasteiger partial charge >= 0.3 is 0 Å². The van der Waals surface area contributed by atoms with Crippen LogP contribution in [0.4, 0.5) is 0 Å². The molecule has 0 aliphatic heterocycles. The van der Waals surface area contributed by atoms with Crippen LogP contribution in [0.25, 0.3) is 0 Å². The molecule has 2 nitrogen and oxygen atoms in total. The van der Waals surface area contributed by atoms with Gasteiger partial charge in [-0.25, -0.2) is 0 Å². The van der Waals surface area contributed by atoms with E-state index in [0.29, 0.717) is 0 Å². The van der Waals surface area contributed by atoms with E-state index in [4.69, 9.17) is 8.42 Å². The Morgan fingerprint density at radius 2 is 1.40 bits per heavy atom. The molecule has 5 heteroatoms. The second-order valence-electron chi connectivity index (χ2n) is 0.194. The minimum absolute atomic E-state index is 0. The van der Waals surface area contributed by atoms with Crippen LogP contribution >= 0.6 is 10.7 Å². The predicted octanol–water partition coefficient (Wildman–Crippen LogP) is 0.447. The SMILES string of the molecule is O=[S-](=O)Cl.[Rh]. The van der Waals surface area contributed by atoms with Crippen LogP contribution in [0.5, 0.6) is 0 Å². The molecule has 5 heavy (non-hydrogen) atoms. The molecule has 0 aromatic rings. The minimum Gasteiger partial charge on any atom is -0.409 e. The van der Waals surface area contributed by atoms with E-state index in [-0.39, 0.29) is 19.5 Å². The standard InChI is InChI=1S/ClO2S.Rh/c1-4(2)3;/q-1;. The predicted molar refractivity (Wildman–Crippen MR) is 14.6 cm³/mol. The molecule has 1 radical (unpaired) electrons. The van der Waals surface area contributed by atoms with Gasteiger partial charge in [0.15, 0.2) is 0 Å². The third kappa shape index (κ3) is 53.5. The molecule has 0 amide bonds. The zero-order valence-electron chi connectivity index (χ0n) is 1.94. The summed E-state index contributed by atoms with van der Waals surface area (Å²) in [6.45, 7) is 0. The summed E-state index contributed by atoms with van der Waals surface area (Å²) in [4.78, 5) is 0. The molecule has 0 spiro atoms. The van der Waals surface area contributed by atoms with E-state index in [1.807, 2.05) is 0 Å². The van der Waals surface area contributed by atoms with E-state index >= 15 is 0 Å². The first-order valence-electron chi connectivity index (χ1n) is 0.488. The third-order valence-corrected chi connectivity index (χ3v) is 0.